The van der Waals surface area contributed by atoms with E-state index in [1.165, 1.54) is 0 Å². The van der Waals surface area contributed by atoms with Crippen LogP contribution < -0.4 is 4.90 Å². The van der Waals surface area contributed by atoms with Crippen molar-refractivity contribution < 1.29 is 4.79 Å². The number of benzene rings is 2. The molecule has 126 valence electrons. The molecule has 1 aromatic heterocycles. The molecular formula is C19H17ClN4O. The minimum atomic E-state index is 0.0935. The SMILES string of the molecule is O=C1CN(c2nnc(Cl)c3ccccc23)CCN1Cc1ccccc1. The van der Waals surface area contributed by atoms with E-state index in [1.807, 2.05) is 64.4 Å². The van der Waals surface area contributed by atoms with Crippen molar-refractivity contribution >= 4 is 34.1 Å². The molecule has 0 atom stereocenters. The number of aromatic nitrogens is 2. The van der Waals surface area contributed by atoms with Crippen molar-refractivity contribution in [3.05, 3.63) is 65.3 Å². The molecule has 0 unspecified atom stereocenters. The molecule has 6 heteroatoms. The van der Waals surface area contributed by atoms with Gasteiger partial charge in [-0.1, -0.05) is 66.2 Å². The Labute approximate surface area is 150 Å². The van der Waals surface area contributed by atoms with Gasteiger partial charge in [-0.2, -0.15) is 0 Å². The Kier molecular flexibility index (Phi) is 4.24. The second-order valence-electron chi connectivity index (χ2n) is 6.08. The molecule has 4 rings (SSSR count). The molecule has 0 N–H and O–H groups in total. The molecule has 0 spiro atoms. The molecule has 1 amide bonds. The van der Waals surface area contributed by atoms with E-state index in [4.69, 9.17) is 11.6 Å². The molecule has 3 aromatic rings. The Morgan fingerprint density at radius 2 is 1.64 bits per heavy atom. The third-order valence-electron chi connectivity index (χ3n) is 4.46. The van der Waals surface area contributed by atoms with Crippen molar-refractivity contribution in [3.8, 4) is 0 Å². The summed E-state index contributed by atoms with van der Waals surface area (Å²) in [4.78, 5) is 16.5. The highest BCUT2D eigenvalue weighted by atomic mass is 35.5. The maximum absolute atomic E-state index is 12.6. The fraction of sp³-hybridized carbons (Fsp3) is 0.211. The highest BCUT2D eigenvalue weighted by Crippen LogP contribution is 2.28. The van der Waals surface area contributed by atoms with Gasteiger partial charge in [0.25, 0.3) is 0 Å². The lowest BCUT2D eigenvalue weighted by Crippen LogP contribution is -2.50. The van der Waals surface area contributed by atoms with E-state index in [1.54, 1.807) is 0 Å². The highest BCUT2D eigenvalue weighted by molar-refractivity contribution is 6.34. The molecule has 0 radical (unpaired) electrons. The van der Waals surface area contributed by atoms with Crippen LogP contribution in [0.2, 0.25) is 5.15 Å². The summed E-state index contributed by atoms with van der Waals surface area (Å²) in [5, 5.41) is 10.5. The van der Waals surface area contributed by atoms with E-state index in [-0.39, 0.29) is 5.91 Å². The number of amides is 1. The predicted molar refractivity (Wildman–Crippen MR) is 98.6 cm³/mol. The van der Waals surface area contributed by atoms with Gasteiger partial charge < -0.3 is 9.80 Å². The monoisotopic (exact) mass is 352 g/mol. The van der Waals surface area contributed by atoms with Gasteiger partial charge in [0.2, 0.25) is 5.91 Å². The summed E-state index contributed by atoms with van der Waals surface area (Å²) in [5.74, 6) is 0.809. The lowest BCUT2D eigenvalue weighted by Gasteiger charge is -2.35. The number of carbonyl (C=O) groups excluding carboxylic acids is 1. The normalized spacial score (nSPS) is 15.0. The van der Waals surface area contributed by atoms with Crippen molar-refractivity contribution in [1.82, 2.24) is 15.1 Å². The number of hydrogen-bond acceptors (Lipinski definition) is 4. The lowest BCUT2D eigenvalue weighted by molar-refractivity contribution is -0.131. The van der Waals surface area contributed by atoms with Crippen LogP contribution in [0.3, 0.4) is 0 Å². The van der Waals surface area contributed by atoms with Crippen molar-refractivity contribution in [3.63, 3.8) is 0 Å². The first-order chi connectivity index (χ1) is 12.2. The van der Waals surface area contributed by atoms with Crippen molar-refractivity contribution in [2.75, 3.05) is 24.5 Å². The summed E-state index contributed by atoms with van der Waals surface area (Å²) in [6, 6.07) is 17.8. The van der Waals surface area contributed by atoms with Crippen LogP contribution in [-0.4, -0.2) is 40.6 Å². The predicted octanol–water partition coefficient (Wildman–Crippen LogP) is 3.13. The number of hydrogen-bond donors (Lipinski definition) is 0. The molecule has 25 heavy (non-hydrogen) atoms. The van der Waals surface area contributed by atoms with Gasteiger partial charge in [0, 0.05) is 30.4 Å². The molecule has 0 bridgehead atoms. The lowest BCUT2D eigenvalue weighted by atomic mass is 10.1. The first kappa shape index (κ1) is 15.8. The van der Waals surface area contributed by atoms with Gasteiger partial charge in [0.1, 0.15) is 0 Å². The summed E-state index contributed by atoms with van der Waals surface area (Å²) >= 11 is 6.14. The van der Waals surface area contributed by atoms with Crippen LogP contribution in [0.1, 0.15) is 5.56 Å². The summed E-state index contributed by atoms with van der Waals surface area (Å²) in [6.07, 6.45) is 0. The summed E-state index contributed by atoms with van der Waals surface area (Å²) in [6.45, 7) is 2.32. The summed E-state index contributed by atoms with van der Waals surface area (Å²) in [7, 11) is 0. The number of piperazine rings is 1. The Morgan fingerprint density at radius 3 is 2.40 bits per heavy atom. The van der Waals surface area contributed by atoms with Gasteiger partial charge in [-0.15, -0.1) is 10.2 Å². The zero-order valence-corrected chi connectivity index (χ0v) is 14.4. The third-order valence-corrected chi connectivity index (χ3v) is 4.74. The summed E-state index contributed by atoms with van der Waals surface area (Å²) in [5.41, 5.74) is 1.14. The van der Waals surface area contributed by atoms with Gasteiger partial charge in [-0.3, -0.25) is 4.79 Å². The van der Waals surface area contributed by atoms with Gasteiger partial charge in [-0.05, 0) is 5.56 Å². The van der Waals surface area contributed by atoms with Crippen molar-refractivity contribution in [2.24, 2.45) is 0 Å². The van der Waals surface area contributed by atoms with Crippen LogP contribution in [0.15, 0.2) is 54.6 Å². The summed E-state index contributed by atoms with van der Waals surface area (Å²) < 4.78 is 0. The molecule has 1 saturated heterocycles. The van der Waals surface area contributed by atoms with E-state index in [0.717, 1.165) is 22.9 Å². The van der Waals surface area contributed by atoms with E-state index < -0.39 is 0 Å². The Hall–Kier alpha value is -2.66. The van der Waals surface area contributed by atoms with Gasteiger partial charge >= 0.3 is 0 Å². The zero-order chi connectivity index (χ0) is 17.2. The van der Waals surface area contributed by atoms with Gasteiger partial charge in [-0.25, -0.2) is 0 Å². The fourth-order valence-electron chi connectivity index (χ4n) is 3.15. The topological polar surface area (TPSA) is 49.3 Å². The Bertz CT molecular complexity index is 916. The molecular weight excluding hydrogens is 336 g/mol. The van der Waals surface area contributed by atoms with Crippen molar-refractivity contribution in [2.45, 2.75) is 6.54 Å². The quantitative estimate of drug-likeness (QED) is 0.726. The number of carbonyl (C=O) groups is 1. The van der Waals surface area contributed by atoms with E-state index in [9.17, 15) is 4.79 Å². The molecule has 0 saturated carbocycles. The van der Waals surface area contributed by atoms with Crippen LogP contribution in [0, 0.1) is 0 Å². The standard InChI is InChI=1S/C19H17ClN4O/c20-18-15-8-4-5-9-16(15)19(22-21-18)24-11-10-23(17(25)13-24)12-14-6-2-1-3-7-14/h1-9H,10-13H2. The minimum absolute atomic E-state index is 0.0935. The smallest absolute Gasteiger partial charge is 0.242 e. The molecule has 2 heterocycles. The number of fused-ring (bicyclic) bond motifs is 1. The van der Waals surface area contributed by atoms with Gasteiger partial charge in [0.05, 0.1) is 6.54 Å². The first-order valence-corrected chi connectivity index (χ1v) is 8.58. The molecule has 2 aromatic carbocycles. The maximum Gasteiger partial charge on any atom is 0.242 e. The average molecular weight is 353 g/mol. The van der Waals surface area contributed by atoms with E-state index >= 15 is 0 Å². The minimum Gasteiger partial charge on any atom is -0.344 e. The number of nitrogens with zero attached hydrogens (tertiary/aromatic N) is 4. The second kappa shape index (κ2) is 6.69. The van der Waals surface area contributed by atoms with E-state index in [2.05, 4.69) is 10.2 Å². The Balaban J connectivity index is 1.55. The first-order valence-electron chi connectivity index (χ1n) is 8.20. The number of halogens is 1. The van der Waals surface area contributed by atoms with Crippen LogP contribution in [0.4, 0.5) is 5.82 Å². The van der Waals surface area contributed by atoms with Crippen molar-refractivity contribution in [1.29, 1.82) is 0 Å². The molecule has 1 aliphatic rings. The van der Waals surface area contributed by atoms with Crippen LogP contribution >= 0.6 is 11.6 Å². The van der Waals surface area contributed by atoms with Gasteiger partial charge in [0.15, 0.2) is 11.0 Å². The maximum atomic E-state index is 12.6. The molecule has 1 fully saturated rings. The molecule has 5 nitrogen and oxygen atoms in total. The fourth-order valence-corrected chi connectivity index (χ4v) is 3.35. The molecule has 0 aliphatic carbocycles. The Morgan fingerprint density at radius 1 is 0.920 bits per heavy atom. The van der Waals surface area contributed by atoms with Crippen LogP contribution in [0.25, 0.3) is 10.8 Å². The highest BCUT2D eigenvalue weighted by Gasteiger charge is 2.26. The van der Waals surface area contributed by atoms with Crippen LogP contribution in [-0.2, 0) is 11.3 Å². The third kappa shape index (κ3) is 3.15. The number of rotatable bonds is 3. The average Bonchev–Trinajstić information content (AvgIpc) is 2.65. The second-order valence-corrected chi connectivity index (χ2v) is 6.44. The number of anilines is 1. The largest absolute Gasteiger partial charge is 0.344 e. The zero-order valence-electron chi connectivity index (χ0n) is 13.6. The van der Waals surface area contributed by atoms with E-state index in [0.29, 0.717) is 30.6 Å². The molecule has 1 aliphatic heterocycles. The van der Waals surface area contributed by atoms with Crippen LogP contribution in [0.5, 0.6) is 0 Å².